The van der Waals surface area contributed by atoms with Crippen LogP contribution in [0.1, 0.15) is 64.0 Å². The number of carbonyl (C=O) groups excluding carboxylic acids is 3. The van der Waals surface area contributed by atoms with Crippen LogP contribution in [-0.2, 0) is 25.7 Å². The van der Waals surface area contributed by atoms with Crippen LogP contribution in [0.15, 0.2) is 60.7 Å². The first-order valence-corrected chi connectivity index (χ1v) is 15.2. The lowest BCUT2D eigenvalue weighted by Gasteiger charge is -2.38. The summed E-state index contributed by atoms with van der Waals surface area (Å²) < 4.78 is 21.3. The number of benzene rings is 2. The molecule has 0 aromatic heterocycles. The number of likely N-dealkylation sites (tertiary alicyclic amines) is 1. The van der Waals surface area contributed by atoms with Gasteiger partial charge in [-0.15, -0.1) is 0 Å². The van der Waals surface area contributed by atoms with E-state index >= 15 is 0 Å². The minimum atomic E-state index is -1.30. The van der Waals surface area contributed by atoms with E-state index in [2.05, 4.69) is 38.3 Å². The lowest BCUT2D eigenvalue weighted by Crippen LogP contribution is -2.57. The van der Waals surface area contributed by atoms with Gasteiger partial charge in [0.1, 0.15) is 17.5 Å². The molecule has 0 radical (unpaired) electrons. The highest BCUT2D eigenvalue weighted by atomic mass is 19.1. The van der Waals surface area contributed by atoms with E-state index in [-0.39, 0.29) is 36.2 Å². The number of fused-ring (bicyclic) bond motifs is 1. The molecule has 1 saturated carbocycles. The summed E-state index contributed by atoms with van der Waals surface area (Å²) in [6, 6.07) is 12.9. The maximum atomic E-state index is 14.8. The van der Waals surface area contributed by atoms with Crippen LogP contribution in [0.3, 0.4) is 0 Å². The van der Waals surface area contributed by atoms with Crippen LogP contribution < -0.4 is 10.6 Å². The molecule has 2 aromatic rings. The second kappa shape index (κ2) is 11.0. The van der Waals surface area contributed by atoms with Crippen molar-refractivity contribution < 1.29 is 23.5 Å². The fourth-order valence-corrected chi connectivity index (χ4v) is 7.47. The van der Waals surface area contributed by atoms with E-state index < -0.39 is 35.4 Å². The van der Waals surface area contributed by atoms with Gasteiger partial charge in [0.15, 0.2) is 0 Å². The number of amides is 3. The molecule has 2 saturated heterocycles. The van der Waals surface area contributed by atoms with E-state index in [0.717, 1.165) is 24.8 Å². The first-order valence-electron chi connectivity index (χ1n) is 15.2. The Morgan fingerprint density at radius 2 is 1.81 bits per heavy atom. The predicted molar refractivity (Wildman–Crippen MR) is 158 cm³/mol. The Morgan fingerprint density at radius 1 is 1.07 bits per heavy atom. The number of halogens is 1. The second-order valence-corrected chi connectivity index (χ2v) is 12.9. The SMILES string of the molecule is CC(C)c1ccc(NC(=O)[C@H]2[C@H]3C=C[C@@]4(O3)[C@H]2C(=O)N(Cc2ccccc2F)[C@@H]4C(=O)N[C@@H]2CCC[C@H](C)[C@H]2C)cc1. The standard InChI is InChI=1S/C34H40FN3O4/c1-19(2)22-12-14-24(15-13-22)36-31(39)28-27-16-17-34(42-27)29(28)33(41)38(18-23-9-5-6-10-25(23)35)30(34)32(40)37-26-11-7-8-20(3)21(26)4/h5-6,9-10,12-17,19-21,26-30H,7-8,11,18H2,1-4H3,(H,36,39)(H,37,40)/t20-,21+,26+,27+,28-,29+,30+,34+/m0/s1. The molecule has 4 aliphatic rings. The van der Waals surface area contributed by atoms with Gasteiger partial charge in [0.2, 0.25) is 17.7 Å². The molecule has 2 N–H and O–H groups in total. The maximum Gasteiger partial charge on any atom is 0.246 e. The topological polar surface area (TPSA) is 87.7 Å². The highest BCUT2D eigenvalue weighted by molar-refractivity contribution is 6.02. The summed E-state index contributed by atoms with van der Waals surface area (Å²) >= 11 is 0. The largest absolute Gasteiger partial charge is 0.359 e. The van der Waals surface area contributed by atoms with Crippen molar-refractivity contribution in [3.05, 3.63) is 77.6 Å². The Hall–Kier alpha value is -3.52. The van der Waals surface area contributed by atoms with Crippen LogP contribution >= 0.6 is 0 Å². The van der Waals surface area contributed by atoms with Gasteiger partial charge in [-0.25, -0.2) is 4.39 Å². The number of hydrogen-bond donors (Lipinski definition) is 2. The number of nitrogens with zero attached hydrogens (tertiary/aromatic N) is 1. The van der Waals surface area contributed by atoms with Crippen molar-refractivity contribution in [2.75, 3.05) is 5.32 Å². The zero-order valence-corrected chi connectivity index (χ0v) is 24.7. The van der Waals surface area contributed by atoms with Crippen LogP contribution in [0.2, 0.25) is 0 Å². The molecule has 6 rings (SSSR count). The number of carbonyl (C=O) groups is 3. The molecule has 42 heavy (non-hydrogen) atoms. The molecule has 3 aliphatic heterocycles. The fraction of sp³-hybridized carbons (Fsp3) is 0.500. The van der Waals surface area contributed by atoms with Gasteiger partial charge in [-0.3, -0.25) is 14.4 Å². The summed E-state index contributed by atoms with van der Waals surface area (Å²) in [6.07, 6.45) is 5.96. The normalized spacial score (nSPS) is 33.2. The molecule has 1 spiro atoms. The highest BCUT2D eigenvalue weighted by Gasteiger charge is 2.72. The van der Waals surface area contributed by atoms with Crippen molar-refractivity contribution >= 4 is 23.4 Å². The molecule has 8 atom stereocenters. The highest BCUT2D eigenvalue weighted by Crippen LogP contribution is 2.55. The van der Waals surface area contributed by atoms with Gasteiger partial charge in [0.25, 0.3) is 0 Å². The lowest BCUT2D eigenvalue weighted by atomic mass is 9.73. The van der Waals surface area contributed by atoms with Crippen LogP contribution in [0.4, 0.5) is 10.1 Å². The number of anilines is 1. The molecule has 2 bridgehead atoms. The van der Waals surface area contributed by atoms with Gasteiger partial charge < -0.3 is 20.3 Å². The second-order valence-electron chi connectivity index (χ2n) is 12.9. The first-order chi connectivity index (χ1) is 20.1. The third kappa shape index (κ3) is 4.74. The fourth-order valence-electron chi connectivity index (χ4n) is 7.47. The number of hydrogen-bond acceptors (Lipinski definition) is 4. The van der Waals surface area contributed by atoms with E-state index in [4.69, 9.17) is 4.74 Å². The minimum Gasteiger partial charge on any atom is -0.359 e. The van der Waals surface area contributed by atoms with Gasteiger partial charge in [-0.05, 0) is 47.9 Å². The summed E-state index contributed by atoms with van der Waals surface area (Å²) in [5.41, 5.74) is 0.797. The van der Waals surface area contributed by atoms with Crippen LogP contribution in [0.5, 0.6) is 0 Å². The summed E-state index contributed by atoms with van der Waals surface area (Å²) in [4.78, 5) is 43.6. The summed E-state index contributed by atoms with van der Waals surface area (Å²) in [5, 5.41) is 6.21. The summed E-state index contributed by atoms with van der Waals surface area (Å²) in [6.45, 7) is 8.47. The molecule has 7 nitrogen and oxygen atoms in total. The van der Waals surface area contributed by atoms with Crippen molar-refractivity contribution in [2.45, 2.75) is 83.2 Å². The van der Waals surface area contributed by atoms with Gasteiger partial charge in [-0.1, -0.05) is 83.0 Å². The van der Waals surface area contributed by atoms with Crippen molar-refractivity contribution in [3.8, 4) is 0 Å². The maximum absolute atomic E-state index is 14.8. The Bertz CT molecular complexity index is 1410. The van der Waals surface area contributed by atoms with Gasteiger partial charge >= 0.3 is 0 Å². The molecule has 1 aliphatic carbocycles. The quantitative estimate of drug-likeness (QED) is 0.447. The molecule has 3 fully saturated rings. The predicted octanol–water partition coefficient (Wildman–Crippen LogP) is 5.18. The van der Waals surface area contributed by atoms with E-state index in [1.165, 1.54) is 11.0 Å². The minimum absolute atomic E-state index is 0.0300. The third-order valence-electron chi connectivity index (χ3n) is 10.1. The van der Waals surface area contributed by atoms with Gasteiger partial charge in [0.05, 0.1) is 17.9 Å². The number of rotatable bonds is 7. The van der Waals surface area contributed by atoms with Gasteiger partial charge in [0, 0.05) is 23.8 Å². The summed E-state index contributed by atoms with van der Waals surface area (Å²) in [7, 11) is 0. The monoisotopic (exact) mass is 573 g/mol. The Morgan fingerprint density at radius 3 is 2.52 bits per heavy atom. The lowest BCUT2D eigenvalue weighted by molar-refractivity contribution is -0.142. The van der Waals surface area contributed by atoms with Crippen LogP contribution in [0, 0.1) is 29.5 Å². The zero-order valence-electron chi connectivity index (χ0n) is 24.7. The molecule has 3 heterocycles. The molecule has 8 heteroatoms. The van der Waals surface area contributed by atoms with E-state index in [9.17, 15) is 18.8 Å². The molecule has 2 aromatic carbocycles. The smallest absolute Gasteiger partial charge is 0.246 e. The average Bonchev–Trinajstić information content (AvgIpc) is 3.60. The molecule has 0 unspecified atom stereocenters. The summed E-state index contributed by atoms with van der Waals surface area (Å²) in [5.74, 6) is -2.07. The van der Waals surface area contributed by atoms with Crippen molar-refractivity contribution in [3.63, 3.8) is 0 Å². The molecule has 222 valence electrons. The number of nitrogens with one attached hydrogen (secondary N) is 2. The average molecular weight is 574 g/mol. The van der Waals surface area contributed by atoms with Gasteiger partial charge in [-0.2, -0.15) is 0 Å². The molecule has 3 amide bonds. The van der Waals surface area contributed by atoms with Crippen LogP contribution in [-0.4, -0.2) is 46.4 Å². The van der Waals surface area contributed by atoms with Crippen molar-refractivity contribution in [2.24, 2.45) is 23.7 Å². The first kappa shape index (κ1) is 28.6. The Kier molecular flexibility index (Phi) is 7.46. The Balaban J connectivity index is 1.31. The van der Waals surface area contributed by atoms with E-state index in [1.54, 1.807) is 30.4 Å². The number of ether oxygens (including phenoxy) is 1. The van der Waals surface area contributed by atoms with Crippen LogP contribution in [0.25, 0.3) is 0 Å². The Labute approximate surface area is 246 Å². The molecular weight excluding hydrogens is 533 g/mol. The zero-order chi connectivity index (χ0) is 29.8. The van der Waals surface area contributed by atoms with E-state index in [1.807, 2.05) is 24.3 Å². The molecular formula is C34H40FN3O4. The van der Waals surface area contributed by atoms with Crippen molar-refractivity contribution in [1.29, 1.82) is 0 Å². The van der Waals surface area contributed by atoms with Crippen molar-refractivity contribution in [1.82, 2.24) is 10.2 Å². The van der Waals surface area contributed by atoms with E-state index in [0.29, 0.717) is 23.1 Å². The third-order valence-corrected chi connectivity index (χ3v) is 10.1.